The number of carbonyl (C=O) groups excluding carboxylic acids is 2. The number of rotatable bonds is 9. The van der Waals surface area contributed by atoms with Gasteiger partial charge in [-0.25, -0.2) is 9.59 Å². The molecular weight excluding hydrogens is 284 g/mol. The molecule has 0 aromatic heterocycles. The molecule has 1 unspecified atom stereocenters. The van der Waals surface area contributed by atoms with E-state index in [0.29, 0.717) is 0 Å². The Morgan fingerprint density at radius 3 is 2.33 bits per heavy atom. The van der Waals surface area contributed by atoms with Gasteiger partial charge in [-0.1, -0.05) is 0 Å². The van der Waals surface area contributed by atoms with Crippen LogP contribution in [0.25, 0.3) is 0 Å². The summed E-state index contributed by atoms with van der Waals surface area (Å²) in [6.07, 6.45) is 0.00293. The number of carboxylic acids is 1. The van der Waals surface area contributed by atoms with Gasteiger partial charge in [0.1, 0.15) is 0 Å². The Labute approximate surface area is 122 Å². The average molecular weight is 306 g/mol. The predicted molar refractivity (Wildman–Crippen MR) is 71.7 cm³/mol. The van der Waals surface area contributed by atoms with Gasteiger partial charge in [-0.05, 0) is 6.92 Å². The van der Waals surface area contributed by atoms with Gasteiger partial charge in [-0.2, -0.15) is 0 Å². The minimum Gasteiger partial charge on any atom is -0.479 e. The number of ether oxygens (including phenoxy) is 2. The van der Waals surface area contributed by atoms with Crippen molar-refractivity contribution in [2.45, 2.75) is 18.9 Å². The second kappa shape index (κ2) is 9.14. The Morgan fingerprint density at radius 1 is 1.24 bits per heavy atom. The molecule has 1 atom stereocenters. The summed E-state index contributed by atoms with van der Waals surface area (Å²) in [7, 11) is 2.71. The van der Waals surface area contributed by atoms with E-state index in [9.17, 15) is 19.5 Å². The molecule has 0 aliphatic carbocycles. The van der Waals surface area contributed by atoms with Crippen molar-refractivity contribution in [3.8, 4) is 0 Å². The van der Waals surface area contributed by atoms with Crippen molar-refractivity contribution < 1.29 is 34.1 Å². The Bertz CT molecular complexity index is 371. The van der Waals surface area contributed by atoms with Crippen LogP contribution >= 0.6 is 0 Å². The fourth-order valence-corrected chi connectivity index (χ4v) is 1.28. The van der Waals surface area contributed by atoms with Crippen LogP contribution in [0.3, 0.4) is 0 Å². The lowest BCUT2D eigenvalue weighted by Gasteiger charge is -2.25. The second-order valence-electron chi connectivity index (χ2n) is 4.54. The van der Waals surface area contributed by atoms with E-state index >= 15 is 0 Å². The Hall–Kier alpha value is -1.87. The zero-order valence-corrected chi connectivity index (χ0v) is 12.4. The first-order valence-corrected chi connectivity index (χ1v) is 6.29. The number of urea groups is 1. The number of aliphatic carboxylic acids is 1. The van der Waals surface area contributed by atoms with Crippen LogP contribution in [0.2, 0.25) is 0 Å². The number of esters is 1. The summed E-state index contributed by atoms with van der Waals surface area (Å²) in [6, 6.07) is -0.600. The molecule has 0 saturated heterocycles. The lowest BCUT2D eigenvalue weighted by Crippen LogP contribution is -2.51. The Kier molecular flexibility index (Phi) is 8.32. The van der Waals surface area contributed by atoms with Crippen molar-refractivity contribution in [1.29, 1.82) is 0 Å². The molecule has 0 saturated carbocycles. The van der Waals surface area contributed by atoms with Crippen molar-refractivity contribution in [3.63, 3.8) is 0 Å². The summed E-state index contributed by atoms with van der Waals surface area (Å²) in [5.41, 5.74) is -2.06. The topological polar surface area (TPSA) is 125 Å². The summed E-state index contributed by atoms with van der Waals surface area (Å²) in [4.78, 5) is 35.0. The summed E-state index contributed by atoms with van der Waals surface area (Å²) >= 11 is 0. The molecule has 2 amide bonds. The highest BCUT2D eigenvalue weighted by Gasteiger charge is 2.31. The third kappa shape index (κ3) is 7.47. The summed E-state index contributed by atoms with van der Waals surface area (Å²) in [5.74, 6) is -1.91. The zero-order valence-electron chi connectivity index (χ0n) is 12.4. The van der Waals surface area contributed by atoms with Gasteiger partial charge in [0, 0.05) is 20.2 Å². The van der Waals surface area contributed by atoms with Crippen LogP contribution in [-0.2, 0) is 19.1 Å². The largest absolute Gasteiger partial charge is 0.479 e. The van der Waals surface area contributed by atoms with Crippen LogP contribution in [0.4, 0.5) is 4.79 Å². The first kappa shape index (κ1) is 19.1. The number of hydrogen-bond acceptors (Lipinski definition) is 6. The van der Waals surface area contributed by atoms with Crippen molar-refractivity contribution in [2.75, 3.05) is 40.5 Å². The van der Waals surface area contributed by atoms with Gasteiger partial charge in [0.05, 0.1) is 26.7 Å². The van der Waals surface area contributed by atoms with Gasteiger partial charge in [-0.15, -0.1) is 0 Å². The smallest absolute Gasteiger partial charge is 0.337 e. The first-order valence-electron chi connectivity index (χ1n) is 6.29. The van der Waals surface area contributed by atoms with Crippen LogP contribution in [0.5, 0.6) is 0 Å². The van der Waals surface area contributed by atoms with Gasteiger partial charge in [0.2, 0.25) is 0 Å². The molecule has 0 aromatic carbocycles. The monoisotopic (exact) mass is 306 g/mol. The third-order valence-corrected chi connectivity index (χ3v) is 2.71. The molecule has 0 fully saturated rings. The molecule has 9 heteroatoms. The van der Waals surface area contributed by atoms with Crippen LogP contribution < -0.4 is 5.32 Å². The maximum Gasteiger partial charge on any atom is 0.337 e. The standard InChI is InChI=1S/C12H22N2O7/c1-12(19,10(16)17)8-13-11(18)14(6-7-20-2)5-4-9(15)21-3/h19H,4-8H2,1-3H3,(H,13,18)(H,16,17). The van der Waals surface area contributed by atoms with Crippen LogP contribution in [0.15, 0.2) is 0 Å². The van der Waals surface area contributed by atoms with E-state index in [-0.39, 0.29) is 26.1 Å². The second-order valence-corrected chi connectivity index (χ2v) is 4.54. The first-order chi connectivity index (χ1) is 9.74. The van der Waals surface area contributed by atoms with Gasteiger partial charge < -0.3 is 29.9 Å². The lowest BCUT2D eigenvalue weighted by atomic mass is 10.1. The van der Waals surface area contributed by atoms with E-state index in [4.69, 9.17) is 9.84 Å². The summed E-state index contributed by atoms with van der Waals surface area (Å²) in [6.45, 7) is 1.18. The molecule has 0 aromatic rings. The maximum atomic E-state index is 11.9. The molecule has 9 nitrogen and oxygen atoms in total. The quantitative estimate of drug-likeness (QED) is 0.469. The number of hydrogen-bond donors (Lipinski definition) is 3. The van der Waals surface area contributed by atoms with Gasteiger partial charge in [0.15, 0.2) is 5.60 Å². The number of methoxy groups -OCH3 is 2. The molecule has 21 heavy (non-hydrogen) atoms. The van der Waals surface area contributed by atoms with Gasteiger partial charge >= 0.3 is 18.0 Å². The highest BCUT2D eigenvalue weighted by molar-refractivity contribution is 5.79. The molecule has 0 aliphatic heterocycles. The third-order valence-electron chi connectivity index (χ3n) is 2.71. The Balaban J connectivity index is 4.49. The molecule has 0 heterocycles. The number of aliphatic hydroxyl groups is 1. The van der Waals surface area contributed by atoms with Crippen molar-refractivity contribution in [3.05, 3.63) is 0 Å². The van der Waals surface area contributed by atoms with E-state index in [0.717, 1.165) is 6.92 Å². The fraction of sp³-hybridized carbons (Fsp3) is 0.750. The van der Waals surface area contributed by atoms with Gasteiger partial charge in [0.25, 0.3) is 0 Å². The highest BCUT2D eigenvalue weighted by atomic mass is 16.5. The fourth-order valence-electron chi connectivity index (χ4n) is 1.28. The van der Waals surface area contributed by atoms with Crippen LogP contribution in [-0.4, -0.2) is 79.1 Å². The number of nitrogens with zero attached hydrogens (tertiary/aromatic N) is 1. The molecule has 0 bridgehead atoms. The number of nitrogens with one attached hydrogen (secondary N) is 1. The zero-order chi connectivity index (χ0) is 16.5. The molecule has 0 aliphatic rings. The molecule has 0 radical (unpaired) electrons. The molecule has 0 spiro atoms. The maximum absolute atomic E-state index is 11.9. The minimum atomic E-state index is -2.06. The summed E-state index contributed by atoms with van der Waals surface area (Å²) < 4.78 is 9.34. The number of carbonyl (C=O) groups is 3. The van der Waals surface area contributed by atoms with E-state index in [2.05, 4.69) is 10.1 Å². The van der Waals surface area contributed by atoms with Crippen LogP contribution in [0, 0.1) is 0 Å². The van der Waals surface area contributed by atoms with Crippen molar-refractivity contribution >= 4 is 18.0 Å². The van der Waals surface area contributed by atoms with Crippen molar-refractivity contribution in [2.24, 2.45) is 0 Å². The van der Waals surface area contributed by atoms with Crippen LogP contribution in [0.1, 0.15) is 13.3 Å². The van der Waals surface area contributed by atoms with E-state index in [1.54, 1.807) is 0 Å². The number of amides is 2. The average Bonchev–Trinajstić information content (AvgIpc) is 2.44. The SMILES string of the molecule is COCCN(CCC(=O)OC)C(=O)NCC(C)(O)C(=O)O. The number of carboxylic acid groups (broad SMARTS) is 1. The normalized spacial score (nSPS) is 13.1. The van der Waals surface area contributed by atoms with E-state index < -0.39 is 30.1 Å². The van der Waals surface area contributed by atoms with E-state index in [1.165, 1.54) is 19.1 Å². The predicted octanol–water partition coefficient (Wildman–Crippen LogP) is -0.957. The molecular formula is C12H22N2O7. The highest BCUT2D eigenvalue weighted by Crippen LogP contribution is 2.02. The Morgan fingerprint density at radius 2 is 1.86 bits per heavy atom. The van der Waals surface area contributed by atoms with Crippen molar-refractivity contribution in [1.82, 2.24) is 10.2 Å². The molecule has 0 rings (SSSR count). The molecule has 3 N–H and O–H groups in total. The van der Waals surface area contributed by atoms with Gasteiger partial charge in [-0.3, -0.25) is 4.79 Å². The lowest BCUT2D eigenvalue weighted by molar-refractivity contribution is -0.155. The summed E-state index contributed by atoms with van der Waals surface area (Å²) in [5, 5.41) is 20.6. The molecule has 122 valence electrons. The minimum absolute atomic E-state index is 0.00293. The van der Waals surface area contributed by atoms with E-state index in [1.807, 2.05) is 0 Å².